The molecule has 0 bridgehead atoms. The molecule has 0 radical (unpaired) electrons. The van der Waals surface area contributed by atoms with Gasteiger partial charge in [0, 0.05) is 25.7 Å². The van der Waals surface area contributed by atoms with E-state index in [2.05, 4.69) is 71.6 Å². The number of anilines is 2. The zero-order chi connectivity index (χ0) is 19.8. The van der Waals surface area contributed by atoms with Gasteiger partial charge in [0.1, 0.15) is 10.7 Å². The van der Waals surface area contributed by atoms with Crippen LogP contribution < -0.4 is 5.32 Å². The molecule has 1 fully saturated rings. The van der Waals surface area contributed by atoms with Crippen LogP contribution >= 0.6 is 36.2 Å². The second-order valence-electron chi connectivity index (χ2n) is 7.76. The van der Waals surface area contributed by atoms with E-state index in [1.807, 2.05) is 12.1 Å². The summed E-state index contributed by atoms with van der Waals surface area (Å²) in [7, 11) is 2.23. The smallest absolute Gasteiger partial charge is 0.158 e. The summed E-state index contributed by atoms with van der Waals surface area (Å²) in [6.07, 6.45) is 1.04. The number of thiazole rings is 1. The van der Waals surface area contributed by atoms with Gasteiger partial charge in [-0.25, -0.2) is 9.98 Å². The second kappa shape index (κ2) is 10.0. The molecular formula is C23H27Cl2N5S. The molecule has 3 aromatic rings. The van der Waals surface area contributed by atoms with Gasteiger partial charge in [-0.2, -0.15) is 0 Å². The van der Waals surface area contributed by atoms with Crippen molar-refractivity contribution in [3.8, 4) is 0 Å². The van der Waals surface area contributed by atoms with Crippen LogP contribution in [0.5, 0.6) is 0 Å². The van der Waals surface area contributed by atoms with Crippen LogP contribution in [-0.4, -0.2) is 53.3 Å². The minimum Gasteiger partial charge on any atom is -0.352 e. The van der Waals surface area contributed by atoms with Crippen molar-refractivity contribution in [3.05, 3.63) is 70.9 Å². The van der Waals surface area contributed by atoms with E-state index in [9.17, 15) is 0 Å². The maximum absolute atomic E-state index is 5.09. The van der Waals surface area contributed by atoms with E-state index >= 15 is 0 Å². The third kappa shape index (κ3) is 4.88. The number of aliphatic imine (C=N–C) groups is 1. The predicted octanol–water partition coefficient (Wildman–Crippen LogP) is 5.29. The predicted molar refractivity (Wildman–Crippen MR) is 135 cm³/mol. The zero-order valence-corrected chi connectivity index (χ0v) is 20.1. The Kier molecular flexibility index (Phi) is 7.59. The molecule has 2 aromatic carbocycles. The van der Waals surface area contributed by atoms with Crippen LogP contribution in [0.3, 0.4) is 0 Å². The van der Waals surface area contributed by atoms with Crippen molar-refractivity contribution in [3.63, 3.8) is 0 Å². The molecule has 5 rings (SSSR count). The van der Waals surface area contributed by atoms with E-state index in [4.69, 9.17) is 9.98 Å². The molecule has 1 atom stereocenters. The number of amidine groups is 1. The van der Waals surface area contributed by atoms with E-state index in [0.29, 0.717) is 6.04 Å². The Morgan fingerprint density at radius 3 is 2.58 bits per heavy atom. The number of aryl methyl sites for hydroxylation is 1. The first-order valence-corrected chi connectivity index (χ1v) is 10.9. The first-order valence-electron chi connectivity index (χ1n) is 10.1. The Hall–Kier alpha value is -2.12. The Morgan fingerprint density at radius 2 is 1.77 bits per heavy atom. The van der Waals surface area contributed by atoms with Gasteiger partial charge in [-0.15, -0.1) is 36.2 Å². The van der Waals surface area contributed by atoms with Crippen LogP contribution in [0.2, 0.25) is 0 Å². The summed E-state index contributed by atoms with van der Waals surface area (Å²) in [6.45, 7) is 4.98. The summed E-state index contributed by atoms with van der Waals surface area (Å²) in [4.78, 5) is 14.8. The van der Waals surface area contributed by atoms with Gasteiger partial charge >= 0.3 is 0 Å². The molecule has 0 amide bonds. The Labute approximate surface area is 200 Å². The average Bonchev–Trinajstić information content (AvgIpc) is 3.02. The van der Waals surface area contributed by atoms with Crippen molar-refractivity contribution in [2.75, 3.05) is 32.0 Å². The zero-order valence-electron chi connectivity index (χ0n) is 17.6. The van der Waals surface area contributed by atoms with Gasteiger partial charge in [0.15, 0.2) is 5.84 Å². The molecule has 1 aromatic heterocycles. The molecule has 2 aliphatic rings. The summed E-state index contributed by atoms with van der Waals surface area (Å²) in [5.74, 6) is 0.993. The molecule has 0 spiro atoms. The van der Waals surface area contributed by atoms with Crippen LogP contribution in [0, 0.1) is 6.92 Å². The number of para-hydroxylation sites is 2. The van der Waals surface area contributed by atoms with Crippen molar-refractivity contribution in [2.24, 2.45) is 4.99 Å². The molecular weight excluding hydrogens is 449 g/mol. The molecule has 0 aliphatic carbocycles. The fourth-order valence-corrected chi connectivity index (χ4v) is 4.92. The normalized spacial score (nSPS) is 17.8. The van der Waals surface area contributed by atoms with Crippen molar-refractivity contribution in [1.82, 2.24) is 14.8 Å². The SMILES string of the molecule is Cc1nc2c(s1)Nc1ccccc1N=C2N1CCN(C)[C@@H](Cc2ccccc2)C1.Cl.Cl. The molecule has 0 unspecified atom stereocenters. The molecule has 3 heterocycles. The van der Waals surface area contributed by atoms with E-state index in [1.165, 1.54) is 5.56 Å². The number of benzene rings is 2. The number of aromatic nitrogens is 1. The lowest BCUT2D eigenvalue weighted by Crippen LogP contribution is -2.54. The number of nitrogens with one attached hydrogen (secondary N) is 1. The van der Waals surface area contributed by atoms with Gasteiger partial charge in [0.05, 0.1) is 16.4 Å². The second-order valence-corrected chi connectivity index (χ2v) is 8.96. The Bertz CT molecular complexity index is 1050. The Balaban J connectivity index is 0.00000136. The largest absolute Gasteiger partial charge is 0.352 e. The topological polar surface area (TPSA) is 43.8 Å². The van der Waals surface area contributed by atoms with Crippen LogP contribution in [0.25, 0.3) is 0 Å². The molecule has 2 aliphatic heterocycles. The summed E-state index contributed by atoms with van der Waals surface area (Å²) in [5.41, 5.74) is 4.38. The van der Waals surface area contributed by atoms with Gasteiger partial charge in [0.2, 0.25) is 0 Å². The summed E-state index contributed by atoms with van der Waals surface area (Å²) >= 11 is 1.70. The standard InChI is InChI=1S/C23H25N5S.2ClH/c1-16-24-21-22(25-19-10-6-7-11-20(19)26-23(21)29-16)28-13-12-27(2)18(15-28)14-17-8-4-3-5-9-17;;/h3-11,18,26H,12-15H2,1-2H3;2*1H/t18-;;/m0../s1. The minimum absolute atomic E-state index is 0. The first kappa shape index (κ1) is 23.5. The number of hydrogen-bond acceptors (Lipinski definition) is 6. The monoisotopic (exact) mass is 475 g/mol. The van der Waals surface area contributed by atoms with Gasteiger partial charge in [-0.1, -0.05) is 42.5 Å². The average molecular weight is 476 g/mol. The number of nitrogens with zero attached hydrogens (tertiary/aromatic N) is 4. The highest BCUT2D eigenvalue weighted by molar-refractivity contribution is 7.16. The van der Waals surface area contributed by atoms with Gasteiger partial charge in [0.25, 0.3) is 0 Å². The van der Waals surface area contributed by atoms with Gasteiger partial charge in [-0.3, -0.25) is 4.90 Å². The lowest BCUT2D eigenvalue weighted by Gasteiger charge is -2.40. The van der Waals surface area contributed by atoms with Crippen LogP contribution in [0.15, 0.2) is 59.6 Å². The molecule has 8 heteroatoms. The quantitative estimate of drug-likeness (QED) is 0.546. The lowest BCUT2D eigenvalue weighted by atomic mass is 10.0. The van der Waals surface area contributed by atoms with Gasteiger partial charge in [-0.05, 0) is 38.1 Å². The lowest BCUT2D eigenvalue weighted by molar-refractivity contribution is 0.140. The first-order chi connectivity index (χ1) is 14.2. The highest BCUT2D eigenvalue weighted by Crippen LogP contribution is 2.37. The molecule has 31 heavy (non-hydrogen) atoms. The maximum Gasteiger partial charge on any atom is 0.158 e. The fraction of sp³-hybridized carbons (Fsp3) is 0.304. The third-order valence-electron chi connectivity index (χ3n) is 5.72. The van der Waals surface area contributed by atoms with Crippen molar-refractivity contribution in [1.29, 1.82) is 0 Å². The number of piperazine rings is 1. The number of rotatable bonds is 2. The number of halogens is 2. The molecule has 1 N–H and O–H groups in total. The number of hydrogen-bond donors (Lipinski definition) is 1. The van der Waals surface area contributed by atoms with Crippen LogP contribution in [0.4, 0.5) is 16.4 Å². The maximum atomic E-state index is 5.09. The molecule has 0 saturated carbocycles. The highest BCUT2D eigenvalue weighted by Gasteiger charge is 2.31. The van der Waals surface area contributed by atoms with Crippen LogP contribution in [-0.2, 0) is 6.42 Å². The summed E-state index contributed by atoms with van der Waals surface area (Å²) in [6, 6.07) is 19.5. The number of fused-ring (bicyclic) bond motifs is 2. The van der Waals surface area contributed by atoms with Gasteiger partial charge < -0.3 is 10.2 Å². The summed E-state index contributed by atoms with van der Waals surface area (Å²) in [5, 5.41) is 5.70. The van der Waals surface area contributed by atoms with Crippen molar-refractivity contribution >= 4 is 58.4 Å². The minimum atomic E-state index is 0. The van der Waals surface area contributed by atoms with E-state index in [-0.39, 0.29) is 24.8 Å². The number of likely N-dealkylation sites (N-methyl/N-ethyl adjacent to an activating group) is 1. The summed E-state index contributed by atoms with van der Waals surface area (Å²) < 4.78 is 0. The van der Waals surface area contributed by atoms with E-state index in [0.717, 1.165) is 59.0 Å². The van der Waals surface area contributed by atoms with E-state index < -0.39 is 0 Å². The fourth-order valence-electron chi connectivity index (χ4n) is 4.10. The Morgan fingerprint density at radius 1 is 1.03 bits per heavy atom. The highest BCUT2D eigenvalue weighted by atomic mass is 35.5. The molecule has 1 saturated heterocycles. The van der Waals surface area contributed by atoms with E-state index in [1.54, 1.807) is 11.3 Å². The van der Waals surface area contributed by atoms with Crippen molar-refractivity contribution < 1.29 is 0 Å². The molecule has 5 nitrogen and oxygen atoms in total. The van der Waals surface area contributed by atoms with Crippen molar-refractivity contribution in [2.45, 2.75) is 19.4 Å². The third-order valence-corrected chi connectivity index (χ3v) is 6.60. The van der Waals surface area contributed by atoms with Crippen LogP contribution in [0.1, 0.15) is 16.3 Å². The molecule has 164 valence electrons.